The van der Waals surface area contributed by atoms with Gasteiger partial charge in [-0.05, 0) is 103 Å². The maximum absolute atomic E-state index is 14.3. The van der Waals surface area contributed by atoms with Crippen molar-refractivity contribution in [3.05, 3.63) is 137 Å². The fraction of sp³-hybridized carbons (Fsp3) is 0.128. The average molecular weight is 763 g/mol. The number of hydrogen-bond donors (Lipinski definition) is 1. The Hall–Kier alpha value is -4.71. The molecule has 2 heterocycles. The van der Waals surface area contributed by atoms with Gasteiger partial charge in [0.15, 0.2) is 0 Å². The number of aryl methyl sites for hydroxylation is 3. The van der Waals surface area contributed by atoms with Gasteiger partial charge >= 0.3 is 0 Å². The molecular formula is C39H32BrF4N3O2S. The van der Waals surface area contributed by atoms with E-state index in [1.807, 2.05) is 63.2 Å². The molecule has 11 heteroatoms. The van der Waals surface area contributed by atoms with Crippen molar-refractivity contribution < 1.29 is 26.0 Å². The van der Waals surface area contributed by atoms with Crippen molar-refractivity contribution in [2.75, 3.05) is 14.1 Å². The molecule has 5 nitrogen and oxygen atoms in total. The number of H-pyrrole nitrogens is 1. The molecule has 2 aromatic heterocycles. The van der Waals surface area contributed by atoms with E-state index in [0.717, 1.165) is 49.6 Å². The Balaban J connectivity index is 0.000000194. The van der Waals surface area contributed by atoms with Crippen LogP contribution in [0.1, 0.15) is 16.7 Å². The molecule has 0 bridgehead atoms. The summed E-state index contributed by atoms with van der Waals surface area (Å²) in [7, 11) is -0.524. The van der Waals surface area contributed by atoms with Gasteiger partial charge in [-0.1, -0.05) is 42.5 Å². The predicted octanol–water partition coefficient (Wildman–Crippen LogP) is 10.7. The van der Waals surface area contributed by atoms with E-state index in [9.17, 15) is 26.0 Å². The van der Waals surface area contributed by atoms with Crippen molar-refractivity contribution in [2.45, 2.75) is 25.7 Å². The lowest BCUT2D eigenvalue weighted by molar-refractivity contribution is 0.520. The highest BCUT2D eigenvalue weighted by atomic mass is 79.9. The lowest BCUT2D eigenvalue weighted by Gasteiger charge is -2.14. The lowest BCUT2D eigenvalue weighted by atomic mass is 9.98. The SMILES string of the molecule is Cc1c(-c2c(F)cccc2F)n(Br)c2ccccc12.Cc1cc(S(=O)(=O)N(C)C)ccc1-c1ccc2[nH]c(-c3c(F)cccc3F)c(C)c2c1. The molecule has 0 amide bonds. The van der Waals surface area contributed by atoms with E-state index in [2.05, 4.69) is 21.1 Å². The third kappa shape index (κ3) is 6.14. The van der Waals surface area contributed by atoms with Gasteiger partial charge < -0.3 is 4.98 Å². The molecule has 0 saturated heterocycles. The number of sulfonamides is 1. The monoisotopic (exact) mass is 761 g/mol. The summed E-state index contributed by atoms with van der Waals surface area (Å²) in [6.07, 6.45) is 0. The minimum absolute atomic E-state index is 0.00641. The van der Waals surface area contributed by atoms with Crippen LogP contribution in [0.5, 0.6) is 0 Å². The number of hydrogen-bond acceptors (Lipinski definition) is 2. The zero-order valence-electron chi connectivity index (χ0n) is 27.7. The van der Waals surface area contributed by atoms with Gasteiger partial charge in [-0.2, -0.15) is 0 Å². The van der Waals surface area contributed by atoms with Crippen molar-refractivity contribution in [1.29, 1.82) is 0 Å². The minimum Gasteiger partial charge on any atom is -0.354 e. The summed E-state index contributed by atoms with van der Waals surface area (Å²) in [4.78, 5) is 3.36. The van der Waals surface area contributed by atoms with Crippen LogP contribution >= 0.6 is 16.1 Å². The van der Waals surface area contributed by atoms with Gasteiger partial charge in [0.2, 0.25) is 10.0 Å². The average Bonchev–Trinajstić information content (AvgIpc) is 3.53. The van der Waals surface area contributed by atoms with Crippen LogP contribution in [-0.2, 0) is 10.0 Å². The molecular weight excluding hydrogens is 730 g/mol. The summed E-state index contributed by atoms with van der Waals surface area (Å²) in [5.41, 5.74) is 6.67. The quantitative estimate of drug-likeness (QED) is 0.178. The molecule has 0 radical (unpaired) electrons. The van der Waals surface area contributed by atoms with Gasteiger partial charge in [0.25, 0.3) is 0 Å². The zero-order chi connectivity index (χ0) is 36.1. The second-order valence-electron chi connectivity index (χ2n) is 12.1. The highest BCUT2D eigenvalue weighted by Crippen LogP contribution is 2.38. The Morgan fingerprint density at radius 2 is 1.28 bits per heavy atom. The highest BCUT2D eigenvalue weighted by Gasteiger charge is 2.22. The normalized spacial score (nSPS) is 11.7. The Morgan fingerprint density at radius 1 is 0.680 bits per heavy atom. The first-order valence-corrected chi connectivity index (χ1v) is 17.7. The number of fused-ring (bicyclic) bond motifs is 2. The standard InChI is InChI=1S/C24H22F2N2O2S.C15H10BrF2N/c1-14-12-17(31(29,30)28(3)4)9-10-18(14)16-8-11-22-19(13-16)15(2)24(27-22)23-20(25)6-5-7-21(23)26;1-9-10-5-2-3-8-13(10)19(16)15(9)14-11(17)6-4-7-12(14)18/h5-13,27H,1-4H3;2-8H,1H3. The van der Waals surface area contributed by atoms with Crippen molar-refractivity contribution in [1.82, 2.24) is 12.9 Å². The summed E-state index contributed by atoms with van der Waals surface area (Å²) in [6.45, 7) is 5.54. The summed E-state index contributed by atoms with van der Waals surface area (Å²) < 4.78 is 84.2. The summed E-state index contributed by atoms with van der Waals surface area (Å²) in [6, 6.07) is 26.1. The van der Waals surface area contributed by atoms with Crippen LogP contribution in [0.2, 0.25) is 0 Å². The van der Waals surface area contributed by atoms with Crippen LogP contribution in [0.4, 0.5) is 17.6 Å². The van der Waals surface area contributed by atoms with E-state index < -0.39 is 33.3 Å². The molecule has 50 heavy (non-hydrogen) atoms. The fourth-order valence-corrected chi connectivity index (χ4v) is 7.92. The first kappa shape index (κ1) is 35.1. The molecule has 0 aliphatic rings. The first-order valence-electron chi connectivity index (χ1n) is 15.5. The molecule has 0 unspecified atom stereocenters. The number of rotatable bonds is 5. The van der Waals surface area contributed by atoms with Gasteiger partial charge in [-0.3, -0.25) is 3.59 Å². The van der Waals surface area contributed by atoms with Crippen LogP contribution in [-0.4, -0.2) is 35.4 Å². The van der Waals surface area contributed by atoms with Crippen LogP contribution in [0, 0.1) is 44.0 Å². The third-order valence-electron chi connectivity index (χ3n) is 8.83. The molecule has 5 aromatic carbocycles. The molecule has 0 spiro atoms. The predicted molar refractivity (Wildman–Crippen MR) is 196 cm³/mol. The van der Waals surface area contributed by atoms with E-state index in [-0.39, 0.29) is 16.0 Å². The Morgan fingerprint density at radius 3 is 1.86 bits per heavy atom. The fourth-order valence-electron chi connectivity index (χ4n) is 6.18. The number of halogens is 5. The summed E-state index contributed by atoms with van der Waals surface area (Å²) >= 11 is 3.39. The molecule has 7 rings (SSSR count). The first-order chi connectivity index (χ1) is 23.7. The molecule has 256 valence electrons. The van der Waals surface area contributed by atoms with E-state index in [1.165, 1.54) is 54.8 Å². The van der Waals surface area contributed by atoms with E-state index in [0.29, 0.717) is 11.4 Å². The highest BCUT2D eigenvalue weighted by molar-refractivity contribution is 9.08. The molecule has 0 saturated carbocycles. The van der Waals surface area contributed by atoms with Crippen LogP contribution in [0.3, 0.4) is 0 Å². The van der Waals surface area contributed by atoms with Crippen LogP contribution < -0.4 is 0 Å². The maximum atomic E-state index is 14.3. The summed E-state index contributed by atoms with van der Waals surface area (Å²) in [5, 5.41) is 1.82. The van der Waals surface area contributed by atoms with Gasteiger partial charge in [0, 0.05) is 30.4 Å². The van der Waals surface area contributed by atoms with Gasteiger partial charge in [0.1, 0.15) is 23.3 Å². The van der Waals surface area contributed by atoms with Gasteiger partial charge in [-0.15, -0.1) is 0 Å². The van der Waals surface area contributed by atoms with Crippen molar-refractivity contribution in [3.63, 3.8) is 0 Å². The van der Waals surface area contributed by atoms with Crippen molar-refractivity contribution in [3.8, 4) is 33.6 Å². The number of nitrogens with zero attached hydrogens (tertiary/aromatic N) is 2. The second-order valence-corrected chi connectivity index (χ2v) is 15.0. The molecule has 0 atom stereocenters. The number of benzene rings is 5. The van der Waals surface area contributed by atoms with E-state index in [4.69, 9.17) is 0 Å². The van der Waals surface area contributed by atoms with Crippen LogP contribution in [0.25, 0.3) is 55.4 Å². The van der Waals surface area contributed by atoms with Gasteiger partial charge in [0.05, 0.1) is 49.1 Å². The summed E-state index contributed by atoms with van der Waals surface area (Å²) in [5.74, 6) is -2.37. The molecule has 1 N–H and O–H groups in total. The second kappa shape index (κ2) is 13.5. The zero-order valence-corrected chi connectivity index (χ0v) is 30.1. The minimum atomic E-state index is -3.52. The van der Waals surface area contributed by atoms with E-state index >= 15 is 0 Å². The molecule has 0 aliphatic heterocycles. The largest absolute Gasteiger partial charge is 0.354 e. The smallest absolute Gasteiger partial charge is 0.242 e. The lowest BCUT2D eigenvalue weighted by Crippen LogP contribution is -2.22. The number of nitrogens with one attached hydrogen (secondary N) is 1. The van der Waals surface area contributed by atoms with Crippen molar-refractivity contribution >= 4 is 48.0 Å². The number of aromatic nitrogens is 2. The number of aromatic amines is 1. The topological polar surface area (TPSA) is 58.1 Å². The van der Waals surface area contributed by atoms with Crippen molar-refractivity contribution in [2.24, 2.45) is 0 Å². The molecule has 0 aliphatic carbocycles. The van der Waals surface area contributed by atoms with Crippen LogP contribution in [0.15, 0.2) is 102 Å². The Kier molecular flexibility index (Phi) is 9.51. The third-order valence-corrected chi connectivity index (χ3v) is 11.4. The molecule has 7 aromatic rings. The maximum Gasteiger partial charge on any atom is 0.242 e. The van der Waals surface area contributed by atoms with Gasteiger partial charge in [-0.25, -0.2) is 30.3 Å². The number of para-hydroxylation sites is 1. The Bertz CT molecular complexity index is 2460. The van der Waals surface area contributed by atoms with E-state index in [1.54, 1.807) is 21.8 Å². The molecule has 0 fully saturated rings. The Labute approximate surface area is 296 Å².